The molecule has 9 nitrogen and oxygen atoms in total. The molecule has 3 rings (SSSR count). The molecule has 1 aliphatic rings. The Morgan fingerprint density at radius 2 is 2.09 bits per heavy atom. The first-order valence-electron chi connectivity index (χ1n) is 10.7. The molecular formula is C22H30FN5O4S. The van der Waals surface area contributed by atoms with Crippen LogP contribution in [0.2, 0.25) is 0 Å². The van der Waals surface area contributed by atoms with Gasteiger partial charge in [0.05, 0.1) is 29.9 Å². The van der Waals surface area contributed by atoms with Gasteiger partial charge in [-0.05, 0) is 32.0 Å². The number of nitrogens with zero attached hydrogens (tertiary/aromatic N) is 4. The van der Waals surface area contributed by atoms with E-state index in [0.29, 0.717) is 43.9 Å². The molecule has 0 saturated carbocycles. The summed E-state index contributed by atoms with van der Waals surface area (Å²) in [6.45, 7) is 5.16. The normalized spacial score (nSPS) is 17.6. The molecule has 1 aromatic carbocycles. The third kappa shape index (κ3) is 6.05. The van der Waals surface area contributed by atoms with Gasteiger partial charge in [-0.2, -0.15) is 4.31 Å². The molecule has 2 heterocycles. The molecule has 1 aliphatic heterocycles. The molecule has 11 heteroatoms. The van der Waals surface area contributed by atoms with Gasteiger partial charge in [-0.1, -0.05) is 12.1 Å². The van der Waals surface area contributed by atoms with E-state index in [2.05, 4.69) is 10.4 Å². The molecular weight excluding hydrogens is 449 g/mol. The number of sulfonamides is 1. The van der Waals surface area contributed by atoms with E-state index in [1.807, 2.05) is 11.8 Å². The first kappa shape index (κ1) is 25.0. The number of hydrogen-bond donors (Lipinski definition) is 1. The van der Waals surface area contributed by atoms with Crippen LogP contribution in [0.15, 0.2) is 36.5 Å². The summed E-state index contributed by atoms with van der Waals surface area (Å²) < 4.78 is 46.7. The fourth-order valence-corrected chi connectivity index (χ4v) is 4.87. The molecule has 0 aliphatic carbocycles. The number of anilines is 2. The van der Waals surface area contributed by atoms with Crippen molar-refractivity contribution in [2.24, 2.45) is 0 Å². The molecule has 1 N–H and O–H groups in total. The van der Waals surface area contributed by atoms with Crippen molar-refractivity contribution in [3.8, 4) is 0 Å². The Balaban J connectivity index is 1.77. The van der Waals surface area contributed by atoms with E-state index in [9.17, 15) is 13.2 Å². The van der Waals surface area contributed by atoms with E-state index >= 15 is 4.39 Å². The second-order valence-electron chi connectivity index (χ2n) is 7.86. The van der Waals surface area contributed by atoms with Gasteiger partial charge in [0.15, 0.2) is 5.82 Å². The second-order valence-corrected chi connectivity index (χ2v) is 10.1. The summed E-state index contributed by atoms with van der Waals surface area (Å²) >= 11 is 0. The molecule has 1 amide bonds. The van der Waals surface area contributed by atoms with Crippen molar-refractivity contribution in [3.63, 3.8) is 0 Å². The number of hydrazine groups is 1. The highest BCUT2D eigenvalue weighted by Crippen LogP contribution is 2.24. The third-order valence-corrected chi connectivity index (χ3v) is 7.51. The van der Waals surface area contributed by atoms with Gasteiger partial charge in [0.2, 0.25) is 16.4 Å². The Kier molecular flexibility index (Phi) is 8.35. The molecule has 1 atom stereocenters. The van der Waals surface area contributed by atoms with E-state index in [0.717, 1.165) is 10.7 Å². The van der Waals surface area contributed by atoms with Crippen LogP contribution in [0.5, 0.6) is 0 Å². The molecule has 33 heavy (non-hydrogen) atoms. The zero-order valence-corrected chi connectivity index (χ0v) is 19.9. The van der Waals surface area contributed by atoms with Crippen LogP contribution in [0, 0.1) is 12.7 Å². The SMILES string of the molecule is CCS(=O)(=O)N1CCN(Cc2cccc(NN(C=O)c3ccc(C)nc3)c2F)[C@@H](COC)C1. The van der Waals surface area contributed by atoms with Crippen LogP contribution in [0.4, 0.5) is 15.8 Å². The number of carbonyl (C=O) groups is 1. The number of aromatic nitrogens is 1. The van der Waals surface area contributed by atoms with Gasteiger partial charge in [0.1, 0.15) is 0 Å². The van der Waals surface area contributed by atoms with Crippen molar-refractivity contribution < 1.29 is 22.3 Å². The molecule has 0 bridgehead atoms. The fourth-order valence-electron chi connectivity index (χ4n) is 3.75. The quantitative estimate of drug-likeness (QED) is 0.411. The predicted octanol–water partition coefficient (Wildman–Crippen LogP) is 2.00. The lowest BCUT2D eigenvalue weighted by atomic mass is 10.1. The highest BCUT2D eigenvalue weighted by Gasteiger charge is 2.33. The van der Waals surface area contributed by atoms with Crippen molar-refractivity contribution in [3.05, 3.63) is 53.6 Å². The van der Waals surface area contributed by atoms with Crippen LogP contribution in [0.25, 0.3) is 0 Å². The van der Waals surface area contributed by atoms with Crippen molar-refractivity contribution in [2.75, 3.05) is 49.5 Å². The maximum Gasteiger partial charge on any atom is 0.232 e. The van der Waals surface area contributed by atoms with Crippen molar-refractivity contribution >= 4 is 27.8 Å². The Labute approximate surface area is 194 Å². The summed E-state index contributed by atoms with van der Waals surface area (Å²) in [6, 6.07) is 8.21. The summed E-state index contributed by atoms with van der Waals surface area (Å²) in [4.78, 5) is 17.8. The van der Waals surface area contributed by atoms with Gasteiger partial charge in [0, 0.05) is 50.6 Å². The predicted molar refractivity (Wildman–Crippen MR) is 125 cm³/mol. The first-order valence-corrected chi connectivity index (χ1v) is 12.3. The van der Waals surface area contributed by atoms with Gasteiger partial charge < -0.3 is 4.74 Å². The lowest BCUT2D eigenvalue weighted by Gasteiger charge is -2.40. The standard InChI is InChI=1S/C22H30FN5O4S/c1-4-33(30,31)27-11-10-26(20(14-27)15-32-3)13-18-6-5-7-21(22(18)23)25-28(16-29)19-9-8-17(2)24-12-19/h5-9,12,16,20,25H,4,10-11,13-15H2,1-3H3/t20-/m1/s1. The van der Waals surface area contributed by atoms with Gasteiger partial charge >= 0.3 is 0 Å². The highest BCUT2D eigenvalue weighted by atomic mass is 32.2. The lowest BCUT2D eigenvalue weighted by molar-refractivity contribution is -0.107. The summed E-state index contributed by atoms with van der Waals surface area (Å²) in [6.07, 6.45) is 2.08. The fraction of sp³-hybridized carbons (Fsp3) is 0.455. The molecule has 2 aromatic rings. The smallest absolute Gasteiger partial charge is 0.232 e. The van der Waals surface area contributed by atoms with Crippen LogP contribution in [-0.4, -0.2) is 74.2 Å². The van der Waals surface area contributed by atoms with E-state index < -0.39 is 15.8 Å². The van der Waals surface area contributed by atoms with Gasteiger partial charge in [-0.3, -0.25) is 20.1 Å². The van der Waals surface area contributed by atoms with Gasteiger partial charge in [-0.15, -0.1) is 0 Å². The Hall–Kier alpha value is -2.60. The molecule has 0 unspecified atom stereocenters. The summed E-state index contributed by atoms with van der Waals surface area (Å²) in [7, 11) is -1.75. The monoisotopic (exact) mass is 479 g/mol. The van der Waals surface area contributed by atoms with Crippen molar-refractivity contribution in [1.29, 1.82) is 0 Å². The molecule has 1 aromatic heterocycles. The average Bonchev–Trinajstić information content (AvgIpc) is 2.81. The number of rotatable bonds is 10. The summed E-state index contributed by atoms with van der Waals surface area (Å²) in [5.74, 6) is -0.442. The summed E-state index contributed by atoms with van der Waals surface area (Å²) in [5.41, 5.74) is 4.66. The number of aryl methyl sites for hydroxylation is 1. The molecule has 180 valence electrons. The lowest BCUT2D eigenvalue weighted by Crippen LogP contribution is -2.56. The molecule has 0 spiro atoms. The third-order valence-electron chi connectivity index (χ3n) is 5.66. The largest absolute Gasteiger partial charge is 0.383 e. The topological polar surface area (TPSA) is 95.1 Å². The van der Waals surface area contributed by atoms with Crippen LogP contribution in [0.1, 0.15) is 18.2 Å². The van der Waals surface area contributed by atoms with Crippen LogP contribution in [0.3, 0.4) is 0 Å². The Morgan fingerprint density at radius 3 is 2.73 bits per heavy atom. The van der Waals surface area contributed by atoms with Gasteiger partial charge in [0.25, 0.3) is 0 Å². The number of methoxy groups -OCH3 is 1. The zero-order chi connectivity index (χ0) is 24.0. The van der Waals surface area contributed by atoms with Crippen LogP contribution in [-0.2, 0) is 26.1 Å². The van der Waals surface area contributed by atoms with E-state index in [1.54, 1.807) is 44.4 Å². The van der Waals surface area contributed by atoms with Crippen molar-refractivity contribution in [2.45, 2.75) is 26.4 Å². The first-order chi connectivity index (χ1) is 15.8. The van der Waals surface area contributed by atoms with E-state index in [1.165, 1.54) is 10.5 Å². The minimum atomic E-state index is -3.31. The number of benzene rings is 1. The number of nitrogens with one attached hydrogen (secondary N) is 1. The highest BCUT2D eigenvalue weighted by molar-refractivity contribution is 7.89. The maximum absolute atomic E-state index is 15.4. The zero-order valence-electron chi connectivity index (χ0n) is 19.1. The number of hydrogen-bond acceptors (Lipinski definition) is 7. The minimum Gasteiger partial charge on any atom is -0.383 e. The van der Waals surface area contributed by atoms with Crippen molar-refractivity contribution in [1.82, 2.24) is 14.2 Å². The number of ether oxygens (including phenoxy) is 1. The van der Waals surface area contributed by atoms with Gasteiger partial charge in [-0.25, -0.2) is 17.8 Å². The Bertz CT molecular complexity index is 1050. The van der Waals surface area contributed by atoms with Crippen LogP contribution >= 0.6 is 0 Å². The second kappa shape index (κ2) is 11.0. The average molecular weight is 480 g/mol. The van der Waals surface area contributed by atoms with Crippen LogP contribution < -0.4 is 10.4 Å². The minimum absolute atomic E-state index is 0.0405. The number of pyridine rings is 1. The summed E-state index contributed by atoms with van der Waals surface area (Å²) in [5, 5.41) is 1.16. The Morgan fingerprint density at radius 1 is 1.30 bits per heavy atom. The number of carbonyl (C=O) groups excluding carboxylic acids is 1. The van der Waals surface area contributed by atoms with E-state index in [4.69, 9.17) is 4.74 Å². The molecule has 0 radical (unpaired) electrons. The number of amides is 1. The molecule has 1 fully saturated rings. The van der Waals surface area contributed by atoms with E-state index in [-0.39, 0.29) is 24.0 Å². The molecule has 1 saturated heterocycles. The maximum atomic E-state index is 15.4. The number of halogens is 1. The number of piperazine rings is 1.